The van der Waals surface area contributed by atoms with Gasteiger partial charge in [-0.15, -0.1) is 22.0 Å². The van der Waals surface area contributed by atoms with Crippen molar-refractivity contribution in [2.45, 2.75) is 17.7 Å². The van der Waals surface area contributed by atoms with Crippen molar-refractivity contribution in [2.24, 2.45) is 0 Å². The largest absolute Gasteiger partial charge is 0.497 e. The Morgan fingerprint density at radius 3 is 2.59 bits per heavy atom. The molecule has 0 saturated heterocycles. The zero-order valence-electron chi connectivity index (χ0n) is 14.6. The van der Waals surface area contributed by atoms with Crippen LogP contribution < -0.4 is 10.1 Å². The van der Waals surface area contributed by atoms with Crippen LogP contribution in [0.1, 0.15) is 17.0 Å². The van der Waals surface area contributed by atoms with Crippen LogP contribution in [0, 0.1) is 0 Å². The van der Waals surface area contributed by atoms with E-state index in [-0.39, 0.29) is 5.91 Å². The third-order valence-corrected chi connectivity index (χ3v) is 5.74. The van der Waals surface area contributed by atoms with Crippen molar-refractivity contribution >= 4 is 45.7 Å². The number of carbonyl (C=O) groups is 1. The highest BCUT2D eigenvalue weighted by molar-refractivity contribution is 7.99. The maximum atomic E-state index is 12.1. The molecule has 0 saturated carbocycles. The minimum atomic E-state index is -0.0661. The molecular weight excluding hydrogens is 402 g/mol. The van der Waals surface area contributed by atoms with E-state index in [1.165, 1.54) is 11.3 Å². The molecule has 3 rings (SSSR count). The van der Waals surface area contributed by atoms with Crippen LogP contribution in [0.2, 0.25) is 5.02 Å². The molecule has 0 radical (unpaired) electrons. The molecule has 2 aromatic carbocycles. The highest BCUT2D eigenvalue weighted by Gasteiger charge is 2.09. The van der Waals surface area contributed by atoms with Crippen molar-refractivity contribution in [3.63, 3.8) is 0 Å². The first kappa shape index (κ1) is 19.7. The van der Waals surface area contributed by atoms with Gasteiger partial charge in [-0.05, 0) is 42.0 Å². The van der Waals surface area contributed by atoms with Gasteiger partial charge in [-0.3, -0.25) is 4.79 Å². The second kappa shape index (κ2) is 9.73. The van der Waals surface area contributed by atoms with E-state index in [2.05, 4.69) is 15.5 Å². The molecule has 5 nitrogen and oxygen atoms in total. The molecule has 0 aliphatic heterocycles. The van der Waals surface area contributed by atoms with Crippen molar-refractivity contribution in [3.05, 3.63) is 64.1 Å². The van der Waals surface area contributed by atoms with E-state index in [1.807, 2.05) is 48.5 Å². The first-order valence-electron chi connectivity index (χ1n) is 8.26. The summed E-state index contributed by atoms with van der Waals surface area (Å²) in [6.07, 6.45) is 1.07. The SMILES string of the molecule is COc1ccc(Cc2nnc(NC(=O)CCSc3ccc(Cl)cc3)s2)cc1. The maximum absolute atomic E-state index is 12.1. The van der Waals surface area contributed by atoms with Crippen molar-refractivity contribution < 1.29 is 9.53 Å². The zero-order valence-corrected chi connectivity index (χ0v) is 17.0. The number of benzene rings is 2. The van der Waals surface area contributed by atoms with Crippen molar-refractivity contribution in [2.75, 3.05) is 18.2 Å². The Balaban J connectivity index is 1.45. The second-order valence-electron chi connectivity index (χ2n) is 5.63. The van der Waals surface area contributed by atoms with Gasteiger partial charge >= 0.3 is 0 Å². The number of nitrogens with one attached hydrogen (secondary N) is 1. The van der Waals surface area contributed by atoms with E-state index in [4.69, 9.17) is 16.3 Å². The van der Waals surface area contributed by atoms with E-state index >= 15 is 0 Å². The number of halogens is 1. The fourth-order valence-electron chi connectivity index (χ4n) is 2.27. The van der Waals surface area contributed by atoms with Gasteiger partial charge in [0.1, 0.15) is 10.8 Å². The molecule has 0 aliphatic carbocycles. The quantitative estimate of drug-likeness (QED) is 0.525. The topological polar surface area (TPSA) is 64.1 Å². The summed E-state index contributed by atoms with van der Waals surface area (Å²) in [7, 11) is 1.64. The summed E-state index contributed by atoms with van der Waals surface area (Å²) in [4.78, 5) is 13.2. The summed E-state index contributed by atoms with van der Waals surface area (Å²) in [5.41, 5.74) is 1.11. The average Bonchev–Trinajstić information content (AvgIpc) is 3.10. The molecule has 140 valence electrons. The fraction of sp³-hybridized carbons (Fsp3) is 0.211. The molecular formula is C19H18ClN3O2S2. The lowest BCUT2D eigenvalue weighted by Crippen LogP contribution is -2.11. The Labute approximate surface area is 171 Å². The molecule has 3 aromatic rings. The van der Waals surface area contributed by atoms with Gasteiger partial charge in [0.15, 0.2) is 0 Å². The predicted octanol–water partition coefficient (Wildman–Crippen LogP) is 4.91. The highest BCUT2D eigenvalue weighted by atomic mass is 35.5. The van der Waals surface area contributed by atoms with E-state index in [0.717, 1.165) is 21.2 Å². The number of ether oxygens (including phenoxy) is 1. The summed E-state index contributed by atoms with van der Waals surface area (Å²) in [6, 6.07) is 15.4. The number of thioether (sulfide) groups is 1. The molecule has 0 atom stereocenters. The van der Waals surface area contributed by atoms with E-state index in [9.17, 15) is 4.79 Å². The third-order valence-electron chi connectivity index (χ3n) is 3.64. The normalized spacial score (nSPS) is 10.6. The molecule has 27 heavy (non-hydrogen) atoms. The average molecular weight is 420 g/mol. The first-order valence-corrected chi connectivity index (χ1v) is 10.4. The lowest BCUT2D eigenvalue weighted by atomic mass is 10.1. The monoisotopic (exact) mass is 419 g/mol. The Kier molecular flexibility index (Phi) is 7.09. The Morgan fingerprint density at radius 1 is 1.15 bits per heavy atom. The number of carbonyl (C=O) groups excluding carboxylic acids is 1. The van der Waals surface area contributed by atoms with Gasteiger partial charge in [0.05, 0.1) is 7.11 Å². The van der Waals surface area contributed by atoms with Gasteiger partial charge in [0.2, 0.25) is 11.0 Å². The van der Waals surface area contributed by atoms with Crippen LogP contribution in [0.3, 0.4) is 0 Å². The number of amides is 1. The van der Waals surface area contributed by atoms with Crippen LogP contribution in [0.4, 0.5) is 5.13 Å². The van der Waals surface area contributed by atoms with E-state index in [0.29, 0.717) is 28.7 Å². The lowest BCUT2D eigenvalue weighted by Gasteiger charge is -2.02. The molecule has 1 heterocycles. The van der Waals surface area contributed by atoms with Gasteiger partial charge in [0, 0.05) is 28.5 Å². The van der Waals surface area contributed by atoms with Crippen LogP contribution >= 0.6 is 34.7 Å². The molecule has 0 aliphatic rings. The van der Waals surface area contributed by atoms with Crippen molar-refractivity contribution in [1.82, 2.24) is 10.2 Å². The lowest BCUT2D eigenvalue weighted by molar-refractivity contribution is -0.115. The second-order valence-corrected chi connectivity index (χ2v) is 8.29. The maximum Gasteiger partial charge on any atom is 0.227 e. The highest BCUT2D eigenvalue weighted by Crippen LogP contribution is 2.22. The summed E-state index contributed by atoms with van der Waals surface area (Å²) < 4.78 is 5.15. The predicted molar refractivity (Wildman–Crippen MR) is 111 cm³/mol. The molecule has 8 heteroatoms. The number of hydrogen-bond donors (Lipinski definition) is 1. The Bertz CT molecular complexity index is 883. The molecule has 0 fully saturated rings. The van der Waals surface area contributed by atoms with Crippen LogP contribution in [0.25, 0.3) is 0 Å². The summed E-state index contributed by atoms with van der Waals surface area (Å²) in [5, 5.41) is 13.1. The number of methoxy groups -OCH3 is 1. The van der Waals surface area contributed by atoms with Crippen molar-refractivity contribution in [1.29, 1.82) is 0 Å². The Hall–Kier alpha value is -2.09. The summed E-state index contributed by atoms with van der Waals surface area (Å²) in [5.74, 6) is 1.44. The van der Waals surface area contributed by atoms with Gasteiger partial charge in [0.25, 0.3) is 0 Å². The minimum Gasteiger partial charge on any atom is -0.497 e. The summed E-state index contributed by atoms with van der Waals surface area (Å²) >= 11 is 8.87. The number of nitrogens with zero attached hydrogens (tertiary/aromatic N) is 2. The molecule has 1 aromatic heterocycles. The standard InChI is InChI=1S/C19H18ClN3O2S2/c1-25-15-6-2-13(3-7-15)12-18-22-23-19(27-18)21-17(24)10-11-26-16-8-4-14(20)5-9-16/h2-9H,10-12H2,1H3,(H,21,23,24). The van der Waals surface area contributed by atoms with Crippen LogP contribution in [0.15, 0.2) is 53.4 Å². The first-order chi connectivity index (χ1) is 13.1. The number of anilines is 1. The molecule has 0 unspecified atom stereocenters. The van der Waals surface area contributed by atoms with E-state index < -0.39 is 0 Å². The van der Waals surface area contributed by atoms with Gasteiger partial charge in [-0.25, -0.2) is 0 Å². The molecule has 1 amide bonds. The number of aromatic nitrogens is 2. The smallest absolute Gasteiger partial charge is 0.227 e. The zero-order chi connectivity index (χ0) is 19.1. The van der Waals surface area contributed by atoms with Gasteiger partial charge < -0.3 is 10.1 Å². The molecule has 0 spiro atoms. The Morgan fingerprint density at radius 2 is 1.89 bits per heavy atom. The van der Waals surface area contributed by atoms with Crippen LogP contribution in [-0.4, -0.2) is 29.0 Å². The van der Waals surface area contributed by atoms with Crippen LogP contribution in [0.5, 0.6) is 5.75 Å². The fourth-order valence-corrected chi connectivity index (χ4v) is 4.04. The van der Waals surface area contributed by atoms with Crippen LogP contribution in [-0.2, 0) is 11.2 Å². The number of hydrogen-bond acceptors (Lipinski definition) is 6. The number of rotatable bonds is 8. The third kappa shape index (κ3) is 6.23. The molecule has 0 bridgehead atoms. The van der Waals surface area contributed by atoms with Crippen molar-refractivity contribution in [3.8, 4) is 5.75 Å². The summed E-state index contributed by atoms with van der Waals surface area (Å²) in [6.45, 7) is 0. The minimum absolute atomic E-state index is 0.0661. The van der Waals surface area contributed by atoms with E-state index in [1.54, 1.807) is 18.9 Å². The molecule has 1 N–H and O–H groups in total. The van der Waals surface area contributed by atoms with Gasteiger partial charge in [-0.1, -0.05) is 35.1 Å². The van der Waals surface area contributed by atoms with Gasteiger partial charge in [-0.2, -0.15) is 0 Å².